The topological polar surface area (TPSA) is 87.3 Å². The van der Waals surface area contributed by atoms with Gasteiger partial charge in [0.1, 0.15) is 11.9 Å². The van der Waals surface area contributed by atoms with Crippen molar-refractivity contribution in [3.63, 3.8) is 0 Å². The van der Waals surface area contributed by atoms with E-state index in [0.717, 1.165) is 11.1 Å². The Bertz CT molecular complexity index is 1210. The van der Waals surface area contributed by atoms with Gasteiger partial charge in [-0.05, 0) is 36.8 Å². The van der Waals surface area contributed by atoms with Crippen LogP contribution in [0.15, 0.2) is 53.3 Å². The number of fused-ring (bicyclic) bond motifs is 1. The first-order valence-electron chi connectivity index (χ1n) is 8.68. The highest BCUT2D eigenvalue weighted by atomic mass is 35.5. The van der Waals surface area contributed by atoms with Crippen LogP contribution in [0.5, 0.6) is 5.75 Å². The van der Waals surface area contributed by atoms with Crippen LogP contribution in [0.1, 0.15) is 18.6 Å². The van der Waals surface area contributed by atoms with Gasteiger partial charge in [-0.15, -0.1) is 0 Å². The first-order valence-corrected chi connectivity index (χ1v) is 9.44. The SMILES string of the molecule is C[C@@H](Oc1c(N)ncc2c(-c3ccc(N)cc3)coc12)c1c(Cl)ccc(F)c1Cl. The van der Waals surface area contributed by atoms with Crippen molar-refractivity contribution >= 4 is 45.7 Å². The molecule has 0 saturated heterocycles. The van der Waals surface area contributed by atoms with E-state index >= 15 is 0 Å². The summed E-state index contributed by atoms with van der Waals surface area (Å²) in [5.41, 5.74) is 14.9. The highest BCUT2D eigenvalue weighted by Gasteiger charge is 2.23. The highest BCUT2D eigenvalue weighted by molar-refractivity contribution is 6.36. The molecule has 148 valence electrons. The second-order valence-corrected chi connectivity index (χ2v) is 7.29. The average Bonchev–Trinajstić information content (AvgIpc) is 3.12. The van der Waals surface area contributed by atoms with Gasteiger partial charge in [-0.2, -0.15) is 0 Å². The summed E-state index contributed by atoms with van der Waals surface area (Å²) < 4.78 is 25.6. The molecule has 1 atom stereocenters. The third-order valence-corrected chi connectivity index (χ3v) is 5.32. The molecule has 29 heavy (non-hydrogen) atoms. The number of halogens is 3. The maximum absolute atomic E-state index is 13.9. The minimum atomic E-state index is -0.703. The normalized spacial score (nSPS) is 12.3. The van der Waals surface area contributed by atoms with Crippen molar-refractivity contribution in [2.24, 2.45) is 0 Å². The first-order chi connectivity index (χ1) is 13.9. The lowest BCUT2D eigenvalue weighted by atomic mass is 10.1. The molecule has 0 radical (unpaired) electrons. The lowest BCUT2D eigenvalue weighted by Crippen LogP contribution is -2.08. The third-order valence-electron chi connectivity index (χ3n) is 4.60. The summed E-state index contributed by atoms with van der Waals surface area (Å²) in [6, 6.07) is 9.98. The van der Waals surface area contributed by atoms with Crippen molar-refractivity contribution < 1.29 is 13.5 Å². The zero-order valence-corrected chi connectivity index (χ0v) is 16.8. The smallest absolute Gasteiger partial charge is 0.205 e. The summed E-state index contributed by atoms with van der Waals surface area (Å²) in [6.45, 7) is 1.69. The van der Waals surface area contributed by atoms with E-state index in [1.54, 1.807) is 31.5 Å². The number of nitrogen functional groups attached to an aromatic ring is 2. The molecule has 8 heteroatoms. The Kier molecular flexibility index (Phi) is 4.98. The van der Waals surface area contributed by atoms with Crippen LogP contribution in [0.3, 0.4) is 0 Å². The molecule has 4 N–H and O–H groups in total. The van der Waals surface area contributed by atoms with Crippen LogP contribution >= 0.6 is 23.2 Å². The van der Waals surface area contributed by atoms with Gasteiger partial charge in [0.15, 0.2) is 11.4 Å². The molecule has 0 amide bonds. The van der Waals surface area contributed by atoms with Gasteiger partial charge in [0.2, 0.25) is 5.75 Å². The quantitative estimate of drug-likeness (QED) is 0.294. The van der Waals surface area contributed by atoms with Crippen molar-refractivity contribution in [2.45, 2.75) is 13.0 Å². The predicted molar refractivity (Wildman–Crippen MR) is 114 cm³/mol. The number of nitrogens with zero attached hydrogens (tertiary/aromatic N) is 1. The van der Waals surface area contributed by atoms with E-state index in [9.17, 15) is 4.39 Å². The van der Waals surface area contributed by atoms with Crippen LogP contribution in [0.25, 0.3) is 22.1 Å². The molecule has 0 saturated carbocycles. The van der Waals surface area contributed by atoms with Crippen LogP contribution in [-0.2, 0) is 0 Å². The molecule has 0 fully saturated rings. The van der Waals surface area contributed by atoms with Gasteiger partial charge >= 0.3 is 0 Å². The standard InChI is InChI=1S/C21H16Cl2FN3O2/c1-10(17-15(22)6-7-16(24)18(17)23)29-20-19-13(8-27-21(20)26)14(9-28-19)11-2-4-12(25)5-3-11/h2-10H,25H2,1H3,(H2,26,27)/t10-/m1/s1. The zero-order valence-electron chi connectivity index (χ0n) is 15.2. The number of ether oxygens (including phenoxy) is 1. The molecular formula is C21H16Cl2FN3O2. The van der Waals surface area contributed by atoms with Crippen molar-refractivity contribution in [1.82, 2.24) is 4.98 Å². The van der Waals surface area contributed by atoms with Crippen molar-refractivity contribution in [3.8, 4) is 16.9 Å². The van der Waals surface area contributed by atoms with Gasteiger partial charge in [-0.3, -0.25) is 0 Å². The molecule has 0 spiro atoms. The van der Waals surface area contributed by atoms with E-state index in [-0.39, 0.29) is 21.6 Å². The van der Waals surface area contributed by atoms with Crippen molar-refractivity contribution in [1.29, 1.82) is 0 Å². The largest absolute Gasteiger partial charge is 0.478 e. The number of hydrogen-bond acceptors (Lipinski definition) is 5. The van der Waals surface area contributed by atoms with Gasteiger partial charge < -0.3 is 20.6 Å². The molecule has 2 aromatic heterocycles. The maximum Gasteiger partial charge on any atom is 0.205 e. The number of aromatic nitrogens is 1. The molecular weight excluding hydrogens is 416 g/mol. The van der Waals surface area contributed by atoms with E-state index in [0.29, 0.717) is 22.2 Å². The van der Waals surface area contributed by atoms with E-state index in [4.69, 9.17) is 43.8 Å². The van der Waals surface area contributed by atoms with Gasteiger partial charge in [0.05, 0.1) is 16.7 Å². The summed E-state index contributed by atoms with van der Waals surface area (Å²) in [7, 11) is 0. The molecule has 0 aliphatic carbocycles. The zero-order chi connectivity index (χ0) is 20.7. The van der Waals surface area contributed by atoms with Gasteiger partial charge in [0.25, 0.3) is 0 Å². The van der Waals surface area contributed by atoms with Gasteiger partial charge in [-0.1, -0.05) is 35.3 Å². The Balaban J connectivity index is 1.78. The molecule has 0 aliphatic rings. The van der Waals surface area contributed by atoms with E-state index in [1.165, 1.54) is 12.1 Å². The fourth-order valence-corrected chi connectivity index (χ4v) is 3.81. The Labute approximate surface area is 176 Å². The summed E-state index contributed by atoms with van der Waals surface area (Å²) >= 11 is 12.3. The van der Waals surface area contributed by atoms with Crippen LogP contribution in [0, 0.1) is 5.82 Å². The van der Waals surface area contributed by atoms with Crippen LogP contribution in [0.4, 0.5) is 15.9 Å². The van der Waals surface area contributed by atoms with Crippen LogP contribution < -0.4 is 16.2 Å². The fourth-order valence-electron chi connectivity index (χ4n) is 3.13. The summed E-state index contributed by atoms with van der Waals surface area (Å²) in [6.07, 6.45) is 2.50. The molecule has 0 unspecified atom stereocenters. The number of hydrogen-bond donors (Lipinski definition) is 2. The number of pyridine rings is 1. The van der Waals surface area contributed by atoms with Crippen molar-refractivity contribution in [2.75, 3.05) is 11.5 Å². The molecule has 2 aromatic carbocycles. The third kappa shape index (κ3) is 3.45. The minimum absolute atomic E-state index is 0.106. The van der Waals surface area contributed by atoms with E-state index < -0.39 is 11.9 Å². The van der Waals surface area contributed by atoms with Gasteiger partial charge in [-0.25, -0.2) is 9.37 Å². The molecule has 4 rings (SSSR count). The molecule has 0 aliphatic heterocycles. The Morgan fingerprint density at radius 1 is 1.10 bits per heavy atom. The number of furan rings is 1. The second-order valence-electron chi connectivity index (χ2n) is 6.50. The number of anilines is 2. The van der Waals surface area contributed by atoms with E-state index in [2.05, 4.69) is 4.98 Å². The Hall–Kier alpha value is -2.96. The molecule has 4 aromatic rings. The predicted octanol–water partition coefficient (Wildman–Crippen LogP) is 6.25. The first kappa shape index (κ1) is 19.4. The minimum Gasteiger partial charge on any atom is -0.478 e. The number of benzene rings is 2. The van der Waals surface area contributed by atoms with Crippen molar-refractivity contribution in [3.05, 3.63) is 70.3 Å². The molecule has 0 bridgehead atoms. The Morgan fingerprint density at radius 2 is 1.83 bits per heavy atom. The summed E-state index contributed by atoms with van der Waals surface area (Å²) in [5, 5.41) is 0.887. The van der Waals surface area contributed by atoms with Gasteiger partial charge in [0, 0.05) is 28.0 Å². The van der Waals surface area contributed by atoms with E-state index in [1.807, 2.05) is 12.1 Å². The maximum atomic E-state index is 13.9. The lowest BCUT2D eigenvalue weighted by molar-refractivity contribution is 0.227. The monoisotopic (exact) mass is 431 g/mol. The number of rotatable bonds is 4. The molecule has 5 nitrogen and oxygen atoms in total. The highest BCUT2D eigenvalue weighted by Crippen LogP contribution is 2.41. The second kappa shape index (κ2) is 7.46. The molecule has 2 heterocycles. The number of nitrogens with two attached hydrogens (primary N) is 2. The average molecular weight is 432 g/mol. The Morgan fingerprint density at radius 3 is 2.55 bits per heavy atom. The van der Waals surface area contributed by atoms with Crippen LogP contribution in [0.2, 0.25) is 10.0 Å². The fraction of sp³-hybridized carbons (Fsp3) is 0.0952. The van der Waals surface area contributed by atoms with Crippen LogP contribution in [-0.4, -0.2) is 4.98 Å². The lowest BCUT2D eigenvalue weighted by Gasteiger charge is -2.18. The summed E-state index contributed by atoms with van der Waals surface area (Å²) in [5.74, 6) is -0.228. The summed E-state index contributed by atoms with van der Waals surface area (Å²) in [4.78, 5) is 4.22.